The highest BCUT2D eigenvalue weighted by Gasteiger charge is 2.26. The number of fused-ring (bicyclic) bond motifs is 1. The summed E-state index contributed by atoms with van der Waals surface area (Å²) in [6.07, 6.45) is 4.57. The maximum absolute atomic E-state index is 12.3. The number of amides is 2. The Morgan fingerprint density at radius 1 is 1.24 bits per heavy atom. The molecule has 9 nitrogen and oxygen atoms in total. The zero-order chi connectivity index (χ0) is 26.4. The van der Waals surface area contributed by atoms with Crippen LogP contribution in [0.3, 0.4) is 0 Å². The smallest absolute Gasteiger partial charge is 0.252 e. The number of primary amides is 1. The van der Waals surface area contributed by atoms with Gasteiger partial charge >= 0.3 is 0 Å². The third-order valence-corrected chi connectivity index (χ3v) is 6.57. The highest BCUT2D eigenvalue weighted by Crippen LogP contribution is 2.34. The maximum Gasteiger partial charge on any atom is 0.252 e. The Morgan fingerprint density at radius 3 is 2.73 bits per heavy atom. The topological polar surface area (TPSA) is 131 Å². The molecule has 2 aliphatic heterocycles. The molecule has 194 valence electrons. The lowest BCUT2D eigenvalue weighted by Crippen LogP contribution is -2.44. The number of hydrogen-bond donors (Lipinski definition) is 2. The molecule has 1 atom stereocenters. The van der Waals surface area contributed by atoms with Crippen molar-refractivity contribution in [1.29, 1.82) is 5.26 Å². The number of pyridine rings is 1. The lowest BCUT2D eigenvalue weighted by molar-refractivity contribution is -0.132. The third-order valence-electron chi connectivity index (χ3n) is 6.57. The average Bonchev–Trinajstić information content (AvgIpc) is 2.88. The first-order valence-electron chi connectivity index (χ1n) is 12.8. The van der Waals surface area contributed by atoms with Crippen LogP contribution in [0.2, 0.25) is 0 Å². The van der Waals surface area contributed by atoms with Crippen molar-refractivity contribution in [3.05, 3.63) is 29.5 Å². The number of nitriles is 1. The summed E-state index contributed by atoms with van der Waals surface area (Å²) < 4.78 is 12.2. The SMILES string of the molecule is CC(C)Oc1cc2c(OC3CCCN(C(=O)CC#N)C3)ncc(C#CC3CCNCC3)c2cc1C(N)=O. The van der Waals surface area contributed by atoms with E-state index in [0.717, 1.165) is 38.8 Å². The average molecular weight is 504 g/mol. The van der Waals surface area contributed by atoms with Crippen molar-refractivity contribution in [3.8, 4) is 29.5 Å². The predicted molar refractivity (Wildman–Crippen MR) is 139 cm³/mol. The van der Waals surface area contributed by atoms with E-state index in [0.29, 0.717) is 47.0 Å². The number of piperidine rings is 2. The molecule has 2 aliphatic rings. The number of carbonyl (C=O) groups is 2. The standard InChI is InChI=1S/C28H33N5O4/c1-18(2)36-25-15-23-22(14-24(25)27(30)35)20(6-5-19-8-11-31-12-9-19)16-32-28(23)37-21-4-3-13-33(17-21)26(34)7-10-29/h14-16,18-19,21,31H,3-4,7-9,11-13,17H2,1-2H3,(H2,30,35). The van der Waals surface area contributed by atoms with E-state index in [1.807, 2.05) is 19.9 Å². The second kappa shape index (κ2) is 11.9. The normalized spacial score (nSPS) is 18.1. The molecule has 3 heterocycles. The number of hydrogen-bond acceptors (Lipinski definition) is 7. The van der Waals surface area contributed by atoms with E-state index in [9.17, 15) is 9.59 Å². The second-order valence-corrected chi connectivity index (χ2v) is 9.75. The number of benzene rings is 1. The molecule has 37 heavy (non-hydrogen) atoms. The van der Waals surface area contributed by atoms with Crippen LogP contribution in [0.4, 0.5) is 0 Å². The number of likely N-dealkylation sites (tertiary alicyclic amines) is 1. The highest BCUT2D eigenvalue weighted by atomic mass is 16.5. The van der Waals surface area contributed by atoms with Crippen LogP contribution in [-0.2, 0) is 4.79 Å². The van der Waals surface area contributed by atoms with E-state index < -0.39 is 5.91 Å². The number of aromatic nitrogens is 1. The minimum atomic E-state index is -0.590. The molecule has 1 aromatic heterocycles. The number of rotatable bonds is 6. The zero-order valence-electron chi connectivity index (χ0n) is 21.4. The van der Waals surface area contributed by atoms with Gasteiger partial charge in [0.2, 0.25) is 11.8 Å². The van der Waals surface area contributed by atoms with Gasteiger partial charge in [-0.25, -0.2) is 4.98 Å². The fourth-order valence-corrected chi connectivity index (χ4v) is 4.72. The molecule has 2 aromatic rings. The third kappa shape index (κ3) is 6.49. The summed E-state index contributed by atoms with van der Waals surface area (Å²) in [5.41, 5.74) is 6.67. The lowest BCUT2D eigenvalue weighted by atomic mass is 9.97. The summed E-state index contributed by atoms with van der Waals surface area (Å²) in [7, 11) is 0. The van der Waals surface area contributed by atoms with E-state index in [4.69, 9.17) is 20.5 Å². The largest absolute Gasteiger partial charge is 0.490 e. The molecule has 0 spiro atoms. The van der Waals surface area contributed by atoms with Crippen molar-refractivity contribution in [2.24, 2.45) is 11.7 Å². The van der Waals surface area contributed by atoms with E-state index in [2.05, 4.69) is 22.1 Å². The molecule has 2 saturated heterocycles. The molecule has 1 aromatic carbocycles. The van der Waals surface area contributed by atoms with E-state index in [1.165, 1.54) is 0 Å². The van der Waals surface area contributed by atoms with Gasteiger partial charge in [0.15, 0.2) is 0 Å². The maximum atomic E-state index is 12.3. The molecule has 2 amide bonds. The molecule has 0 saturated carbocycles. The van der Waals surface area contributed by atoms with Crippen LogP contribution in [0.5, 0.6) is 11.6 Å². The summed E-state index contributed by atoms with van der Waals surface area (Å²) >= 11 is 0. The van der Waals surface area contributed by atoms with Crippen LogP contribution < -0.4 is 20.5 Å². The second-order valence-electron chi connectivity index (χ2n) is 9.75. The minimum absolute atomic E-state index is 0.149. The van der Waals surface area contributed by atoms with Gasteiger partial charge in [-0.2, -0.15) is 5.26 Å². The Labute approximate surface area is 217 Å². The van der Waals surface area contributed by atoms with Crippen molar-refractivity contribution in [2.75, 3.05) is 26.2 Å². The van der Waals surface area contributed by atoms with E-state index >= 15 is 0 Å². The van der Waals surface area contributed by atoms with Crippen molar-refractivity contribution >= 4 is 22.6 Å². The summed E-state index contributed by atoms with van der Waals surface area (Å²) in [4.78, 5) is 30.8. The Bertz CT molecular complexity index is 1270. The summed E-state index contributed by atoms with van der Waals surface area (Å²) in [5.74, 6) is 6.90. The van der Waals surface area contributed by atoms with Crippen molar-refractivity contribution in [3.63, 3.8) is 0 Å². The molecule has 9 heteroatoms. The van der Waals surface area contributed by atoms with Gasteiger partial charge in [-0.3, -0.25) is 9.59 Å². The predicted octanol–water partition coefficient (Wildman–Crippen LogP) is 2.76. The van der Waals surface area contributed by atoms with E-state index in [-0.39, 0.29) is 30.1 Å². The number of ether oxygens (including phenoxy) is 2. The molecule has 0 aliphatic carbocycles. The molecular formula is C28H33N5O4. The van der Waals surface area contributed by atoms with Crippen molar-refractivity contribution in [1.82, 2.24) is 15.2 Å². The fraction of sp³-hybridized carbons (Fsp3) is 0.500. The van der Waals surface area contributed by atoms with Crippen LogP contribution >= 0.6 is 0 Å². The first-order chi connectivity index (χ1) is 17.9. The summed E-state index contributed by atoms with van der Waals surface area (Å²) in [6, 6.07) is 5.37. The quantitative estimate of drug-likeness (QED) is 0.580. The van der Waals surface area contributed by atoms with Gasteiger partial charge in [0.25, 0.3) is 5.91 Å². The number of carbonyl (C=O) groups excluding carboxylic acids is 2. The van der Waals surface area contributed by atoms with Gasteiger partial charge in [-0.05, 0) is 64.8 Å². The van der Waals surface area contributed by atoms with Gasteiger partial charge in [0.1, 0.15) is 18.3 Å². The Morgan fingerprint density at radius 2 is 2.03 bits per heavy atom. The molecule has 3 N–H and O–H groups in total. The zero-order valence-corrected chi connectivity index (χ0v) is 21.4. The first kappa shape index (κ1) is 26.2. The van der Waals surface area contributed by atoms with Gasteiger partial charge in [0, 0.05) is 29.4 Å². The number of nitrogens with zero attached hydrogens (tertiary/aromatic N) is 3. The number of nitrogens with two attached hydrogens (primary N) is 1. The van der Waals surface area contributed by atoms with Gasteiger partial charge in [0.05, 0.1) is 29.8 Å². The first-order valence-corrected chi connectivity index (χ1v) is 12.8. The van der Waals surface area contributed by atoms with Crippen LogP contribution in [0.15, 0.2) is 18.3 Å². The molecular weight excluding hydrogens is 470 g/mol. The summed E-state index contributed by atoms with van der Waals surface area (Å²) in [6.45, 7) is 6.63. The van der Waals surface area contributed by atoms with Crippen LogP contribution in [-0.4, -0.2) is 60.1 Å². The number of nitrogens with one attached hydrogen (secondary N) is 1. The molecule has 0 bridgehead atoms. The van der Waals surface area contributed by atoms with Gasteiger partial charge in [-0.1, -0.05) is 11.8 Å². The Kier molecular flexibility index (Phi) is 8.47. The van der Waals surface area contributed by atoms with Gasteiger partial charge < -0.3 is 25.4 Å². The monoisotopic (exact) mass is 503 g/mol. The lowest BCUT2D eigenvalue weighted by Gasteiger charge is -2.32. The summed E-state index contributed by atoms with van der Waals surface area (Å²) in [5, 5.41) is 13.6. The highest BCUT2D eigenvalue weighted by molar-refractivity contribution is 6.03. The van der Waals surface area contributed by atoms with E-state index in [1.54, 1.807) is 23.2 Å². The Hall–Kier alpha value is -3.82. The van der Waals surface area contributed by atoms with Crippen LogP contribution in [0.1, 0.15) is 61.9 Å². The van der Waals surface area contributed by atoms with Crippen molar-refractivity contribution in [2.45, 2.75) is 58.2 Å². The van der Waals surface area contributed by atoms with Gasteiger partial charge in [-0.15, -0.1) is 0 Å². The fourth-order valence-electron chi connectivity index (χ4n) is 4.72. The van der Waals surface area contributed by atoms with Crippen LogP contribution in [0.25, 0.3) is 10.8 Å². The molecule has 1 unspecified atom stereocenters. The molecule has 2 fully saturated rings. The minimum Gasteiger partial charge on any atom is -0.490 e. The molecule has 0 radical (unpaired) electrons. The van der Waals surface area contributed by atoms with Crippen molar-refractivity contribution < 1.29 is 19.1 Å². The Balaban J connectivity index is 1.73. The van der Waals surface area contributed by atoms with Crippen LogP contribution in [0, 0.1) is 29.1 Å². The molecule has 4 rings (SSSR count).